The van der Waals surface area contributed by atoms with Gasteiger partial charge in [-0.25, -0.2) is 0 Å². The first-order valence-electron chi connectivity index (χ1n) is 6.70. The first-order valence-corrected chi connectivity index (χ1v) is 7.58. The van der Waals surface area contributed by atoms with E-state index in [-0.39, 0.29) is 23.0 Å². The van der Waals surface area contributed by atoms with Crippen LogP contribution in [0.5, 0.6) is 11.5 Å². The summed E-state index contributed by atoms with van der Waals surface area (Å²) in [5.41, 5.74) is 0.567. The van der Waals surface area contributed by atoms with Crippen LogP contribution in [0, 0.1) is 0 Å². The number of rotatable bonds is 5. The van der Waals surface area contributed by atoms with Gasteiger partial charge in [-0.15, -0.1) is 11.3 Å². The molecule has 0 bridgehead atoms. The van der Waals surface area contributed by atoms with Gasteiger partial charge in [0.2, 0.25) is 0 Å². The molecule has 2 aromatic rings. The van der Waals surface area contributed by atoms with E-state index in [1.54, 1.807) is 29.5 Å². The normalized spacial score (nSPS) is 13.3. The fourth-order valence-electron chi connectivity index (χ4n) is 2.25. The highest BCUT2D eigenvalue weighted by molar-refractivity contribution is 7.10. The van der Waals surface area contributed by atoms with Crippen LogP contribution < -0.4 is 5.32 Å². The summed E-state index contributed by atoms with van der Waals surface area (Å²) in [5.74, 6) is 0.248. The van der Waals surface area contributed by atoms with Gasteiger partial charge in [0.15, 0.2) is 0 Å². The SMILES string of the molecule is CC(NCC(C)(C)c1cccs1)c1c(O)cccc1O. The maximum atomic E-state index is 9.88. The number of aromatic hydroxyl groups is 2. The molecular weight excluding hydrogens is 270 g/mol. The Balaban J connectivity index is 2.07. The van der Waals surface area contributed by atoms with Crippen molar-refractivity contribution in [1.29, 1.82) is 0 Å². The zero-order chi connectivity index (χ0) is 14.8. The Kier molecular flexibility index (Phi) is 4.35. The Bertz CT molecular complexity index is 544. The van der Waals surface area contributed by atoms with Gasteiger partial charge in [0.1, 0.15) is 11.5 Å². The minimum absolute atomic E-state index is 0.0163. The second kappa shape index (κ2) is 5.85. The average molecular weight is 291 g/mol. The molecule has 1 aromatic heterocycles. The molecule has 20 heavy (non-hydrogen) atoms. The molecule has 0 amide bonds. The van der Waals surface area contributed by atoms with Crippen molar-refractivity contribution < 1.29 is 10.2 Å². The number of phenolic OH excluding ortho intramolecular Hbond substituents is 2. The zero-order valence-corrected chi connectivity index (χ0v) is 12.9. The fraction of sp³-hybridized carbons (Fsp3) is 0.375. The van der Waals surface area contributed by atoms with Gasteiger partial charge in [-0.1, -0.05) is 26.0 Å². The standard InChI is InChI=1S/C16H21NO2S/c1-11(15-12(18)6-4-7-13(15)19)17-10-16(2,3)14-8-5-9-20-14/h4-9,11,17-19H,10H2,1-3H3. The number of hydrogen-bond acceptors (Lipinski definition) is 4. The van der Waals surface area contributed by atoms with Crippen LogP contribution in [0.15, 0.2) is 35.7 Å². The first kappa shape index (κ1) is 14.9. The molecule has 0 aliphatic carbocycles. The molecule has 0 radical (unpaired) electrons. The molecule has 0 aliphatic heterocycles. The van der Waals surface area contributed by atoms with E-state index in [1.165, 1.54) is 4.88 Å². The van der Waals surface area contributed by atoms with Crippen LogP contribution in [0.2, 0.25) is 0 Å². The van der Waals surface area contributed by atoms with Gasteiger partial charge < -0.3 is 15.5 Å². The third-order valence-electron chi connectivity index (χ3n) is 3.53. The second-order valence-electron chi connectivity index (χ2n) is 5.67. The van der Waals surface area contributed by atoms with Crippen LogP contribution in [0.1, 0.15) is 37.3 Å². The summed E-state index contributed by atoms with van der Waals surface area (Å²) in [6.07, 6.45) is 0. The monoisotopic (exact) mass is 291 g/mol. The van der Waals surface area contributed by atoms with Crippen LogP contribution in [0.25, 0.3) is 0 Å². The van der Waals surface area contributed by atoms with Crippen molar-refractivity contribution in [2.75, 3.05) is 6.54 Å². The highest BCUT2D eigenvalue weighted by Crippen LogP contribution is 2.33. The highest BCUT2D eigenvalue weighted by Gasteiger charge is 2.23. The van der Waals surface area contributed by atoms with Crippen LogP contribution in [-0.2, 0) is 5.41 Å². The van der Waals surface area contributed by atoms with Crippen molar-refractivity contribution in [2.45, 2.75) is 32.2 Å². The lowest BCUT2D eigenvalue weighted by molar-refractivity contribution is 0.398. The van der Waals surface area contributed by atoms with E-state index in [0.29, 0.717) is 5.56 Å². The maximum Gasteiger partial charge on any atom is 0.124 e. The van der Waals surface area contributed by atoms with Crippen LogP contribution in [0.3, 0.4) is 0 Å². The van der Waals surface area contributed by atoms with Crippen molar-refractivity contribution in [1.82, 2.24) is 5.32 Å². The van der Waals surface area contributed by atoms with Gasteiger partial charge >= 0.3 is 0 Å². The molecule has 4 heteroatoms. The van der Waals surface area contributed by atoms with Crippen molar-refractivity contribution in [3.63, 3.8) is 0 Å². The molecule has 3 N–H and O–H groups in total. The summed E-state index contributed by atoms with van der Waals surface area (Å²) in [5, 5.41) is 25.2. The third-order valence-corrected chi connectivity index (χ3v) is 4.77. The van der Waals surface area contributed by atoms with Gasteiger partial charge in [0.25, 0.3) is 0 Å². The van der Waals surface area contributed by atoms with Crippen molar-refractivity contribution in [3.05, 3.63) is 46.2 Å². The van der Waals surface area contributed by atoms with Crippen LogP contribution in [-0.4, -0.2) is 16.8 Å². The number of benzene rings is 1. The van der Waals surface area contributed by atoms with Gasteiger partial charge in [-0.2, -0.15) is 0 Å². The molecule has 0 spiro atoms. The maximum absolute atomic E-state index is 9.88. The van der Waals surface area contributed by atoms with E-state index < -0.39 is 0 Å². The molecule has 0 saturated heterocycles. The molecule has 0 aliphatic rings. The zero-order valence-electron chi connectivity index (χ0n) is 12.1. The van der Waals surface area contributed by atoms with Crippen molar-refractivity contribution in [3.8, 4) is 11.5 Å². The predicted molar refractivity (Wildman–Crippen MR) is 83.5 cm³/mol. The molecule has 1 unspecified atom stereocenters. The molecule has 2 rings (SSSR count). The lowest BCUT2D eigenvalue weighted by Gasteiger charge is -2.27. The summed E-state index contributed by atoms with van der Waals surface area (Å²) in [6, 6.07) is 8.90. The quantitative estimate of drug-likeness (QED) is 0.785. The Morgan fingerprint density at radius 1 is 1.15 bits per heavy atom. The number of hydrogen-bond donors (Lipinski definition) is 3. The lowest BCUT2D eigenvalue weighted by atomic mass is 9.91. The second-order valence-corrected chi connectivity index (χ2v) is 6.62. The van der Waals surface area contributed by atoms with Crippen LogP contribution in [0.4, 0.5) is 0 Å². The Labute approximate surface area is 123 Å². The average Bonchev–Trinajstić information content (AvgIpc) is 2.91. The Hall–Kier alpha value is -1.52. The summed E-state index contributed by atoms with van der Waals surface area (Å²) in [6.45, 7) is 7.08. The molecule has 3 nitrogen and oxygen atoms in total. The molecule has 1 heterocycles. The van der Waals surface area contributed by atoms with E-state index in [0.717, 1.165) is 6.54 Å². The molecular formula is C16H21NO2S. The molecule has 108 valence electrons. The Morgan fingerprint density at radius 2 is 1.80 bits per heavy atom. The minimum atomic E-state index is -0.115. The van der Waals surface area contributed by atoms with Gasteiger partial charge in [-0.05, 0) is 30.5 Å². The van der Waals surface area contributed by atoms with E-state index in [1.807, 2.05) is 6.92 Å². The smallest absolute Gasteiger partial charge is 0.124 e. The van der Waals surface area contributed by atoms with E-state index in [4.69, 9.17) is 0 Å². The van der Waals surface area contributed by atoms with E-state index in [2.05, 4.69) is 36.7 Å². The lowest BCUT2D eigenvalue weighted by Crippen LogP contribution is -2.33. The summed E-state index contributed by atoms with van der Waals surface area (Å²) in [4.78, 5) is 1.32. The summed E-state index contributed by atoms with van der Waals surface area (Å²) >= 11 is 1.74. The van der Waals surface area contributed by atoms with Gasteiger partial charge in [0, 0.05) is 22.9 Å². The third kappa shape index (κ3) is 3.14. The van der Waals surface area contributed by atoms with Gasteiger partial charge in [-0.3, -0.25) is 0 Å². The van der Waals surface area contributed by atoms with Crippen LogP contribution >= 0.6 is 11.3 Å². The Morgan fingerprint density at radius 3 is 2.35 bits per heavy atom. The molecule has 1 aromatic carbocycles. The highest BCUT2D eigenvalue weighted by atomic mass is 32.1. The molecule has 0 saturated carbocycles. The number of thiophene rings is 1. The van der Waals surface area contributed by atoms with Crippen molar-refractivity contribution in [2.24, 2.45) is 0 Å². The summed E-state index contributed by atoms with van der Waals surface area (Å²) < 4.78 is 0. The topological polar surface area (TPSA) is 52.5 Å². The number of phenols is 2. The molecule has 1 atom stereocenters. The van der Waals surface area contributed by atoms with Gasteiger partial charge in [0.05, 0.1) is 5.56 Å². The van der Waals surface area contributed by atoms with Crippen molar-refractivity contribution >= 4 is 11.3 Å². The minimum Gasteiger partial charge on any atom is -0.507 e. The summed E-state index contributed by atoms with van der Waals surface area (Å²) in [7, 11) is 0. The molecule has 0 fully saturated rings. The van der Waals surface area contributed by atoms with E-state index >= 15 is 0 Å². The van der Waals surface area contributed by atoms with E-state index in [9.17, 15) is 10.2 Å². The predicted octanol–water partition coefficient (Wildman–Crippen LogP) is 3.79. The fourth-order valence-corrected chi connectivity index (χ4v) is 3.10. The largest absolute Gasteiger partial charge is 0.507 e. The number of nitrogens with one attached hydrogen (secondary N) is 1. The first-order chi connectivity index (χ1) is 9.42.